The zero-order valence-corrected chi connectivity index (χ0v) is 6.02. The van der Waals surface area contributed by atoms with Gasteiger partial charge in [-0.2, -0.15) is 0 Å². The summed E-state index contributed by atoms with van der Waals surface area (Å²) in [5, 5.41) is 14.5. The van der Waals surface area contributed by atoms with Crippen molar-refractivity contribution in [2.75, 3.05) is 0 Å². The van der Waals surface area contributed by atoms with Crippen LogP contribution in [-0.4, -0.2) is 17.8 Å². The summed E-state index contributed by atoms with van der Waals surface area (Å²) >= 11 is 0. The zero-order chi connectivity index (χ0) is 7.72. The molecular weight excluding hydrogens is 126 g/mol. The predicted molar refractivity (Wildman–Crippen MR) is 42.3 cm³/mol. The van der Waals surface area contributed by atoms with E-state index < -0.39 is 0 Å². The molecule has 1 heterocycles. The second-order valence-corrected chi connectivity index (χ2v) is 2.29. The van der Waals surface area contributed by atoms with E-state index in [1.54, 1.807) is 6.21 Å². The van der Waals surface area contributed by atoms with Crippen LogP contribution in [0.3, 0.4) is 0 Å². The molecule has 3 nitrogen and oxygen atoms in total. The number of allylic oxidation sites excluding steroid dienone is 1. The van der Waals surface area contributed by atoms with Crippen molar-refractivity contribution in [2.24, 2.45) is 4.99 Å². The van der Waals surface area contributed by atoms with Crippen molar-refractivity contribution in [3.8, 4) is 0 Å². The highest BCUT2D eigenvalue weighted by Gasteiger charge is 2.11. The molecule has 1 aliphatic heterocycles. The van der Waals surface area contributed by atoms with E-state index in [0.29, 0.717) is 0 Å². The average molecular weight is 135 g/mol. The first-order valence-corrected chi connectivity index (χ1v) is 3.02. The van der Waals surface area contributed by atoms with Gasteiger partial charge in [0.1, 0.15) is 5.71 Å². The summed E-state index contributed by atoms with van der Waals surface area (Å²) in [6.07, 6.45) is 1.62. The molecule has 0 spiro atoms. The third kappa shape index (κ3) is 0.900. The van der Waals surface area contributed by atoms with Crippen LogP contribution in [0.25, 0.3) is 0 Å². The third-order valence-electron chi connectivity index (χ3n) is 1.59. The van der Waals surface area contributed by atoms with Crippen molar-refractivity contribution in [2.45, 2.75) is 13.8 Å². The van der Waals surface area contributed by atoms with Crippen molar-refractivity contribution < 1.29 is 0 Å². The summed E-state index contributed by atoms with van der Waals surface area (Å²) in [6.45, 7) is 3.72. The molecular formula is C7H9N3. The van der Waals surface area contributed by atoms with Crippen molar-refractivity contribution >= 4 is 17.8 Å². The summed E-state index contributed by atoms with van der Waals surface area (Å²) in [4.78, 5) is 3.72. The van der Waals surface area contributed by atoms with Crippen LogP contribution in [0.1, 0.15) is 13.8 Å². The van der Waals surface area contributed by atoms with Crippen LogP contribution in [0.15, 0.2) is 16.1 Å². The van der Waals surface area contributed by atoms with Crippen LogP contribution in [0, 0.1) is 10.8 Å². The van der Waals surface area contributed by atoms with Gasteiger partial charge in [0.15, 0.2) is 5.84 Å². The Morgan fingerprint density at radius 3 is 2.40 bits per heavy atom. The summed E-state index contributed by atoms with van der Waals surface area (Å²) in [7, 11) is 0. The van der Waals surface area contributed by atoms with Crippen LogP contribution in [0.5, 0.6) is 0 Å². The van der Waals surface area contributed by atoms with Crippen LogP contribution in [0.2, 0.25) is 0 Å². The van der Waals surface area contributed by atoms with Crippen molar-refractivity contribution in [1.82, 2.24) is 0 Å². The van der Waals surface area contributed by atoms with E-state index in [2.05, 4.69) is 4.99 Å². The van der Waals surface area contributed by atoms with E-state index in [-0.39, 0.29) is 11.5 Å². The highest BCUT2D eigenvalue weighted by atomic mass is 14.8. The van der Waals surface area contributed by atoms with Crippen molar-refractivity contribution in [3.63, 3.8) is 0 Å². The highest BCUT2D eigenvalue weighted by Crippen LogP contribution is 2.08. The van der Waals surface area contributed by atoms with Gasteiger partial charge in [-0.25, -0.2) is 4.99 Å². The lowest BCUT2D eigenvalue weighted by Crippen LogP contribution is -2.16. The second-order valence-electron chi connectivity index (χ2n) is 2.29. The molecule has 0 atom stereocenters. The molecule has 0 saturated heterocycles. The van der Waals surface area contributed by atoms with Gasteiger partial charge in [0, 0.05) is 6.21 Å². The Hall–Kier alpha value is -1.25. The Morgan fingerprint density at radius 1 is 1.30 bits per heavy atom. The maximum absolute atomic E-state index is 7.33. The third-order valence-corrected chi connectivity index (χ3v) is 1.59. The number of nitrogens with zero attached hydrogens (tertiary/aromatic N) is 1. The molecule has 0 fully saturated rings. The van der Waals surface area contributed by atoms with Gasteiger partial charge < -0.3 is 0 Å². The van der Waals surface area contributed by atoms with Gasteiger partial charge in [0.2, 0.25) is 0 Å². The minimum atomic E-state index is 0.0584. The molecule has 1 aliphatic rings. The second kappa shape index (κ2) is 2.17. The van der Waals surface area contributed by atoms with Crippen LogP contribution >= 0.6 is 0 Å². The van der Waals surface area contributed by atoms with Gasteiger partial charge in [-0.1, -0.05) is 0 Å². The van der Waals surface area contributed by atoms with Gasteiger partial charge in [0.25, 0.3) is 0 Å². The Morgan fingerprint density at radius 2 is 1.90 bits per heavy atom. The van der Waals surface area contributed by atoms with Gasteiger partial charge in [-0.15, -0.1) is 0 Å². The van der Waals surface area contributed by atoms with E-state index in [0.717, 1.165) is 11.1 Å². The lowest BCUT2D eigenvalue weighted by atomic mass is 10.0. The van der Waals surface area contributed by atoms with Gasteiger partial charge >= 0.3 is 0 Å². The van der Waals surface area contributed by atoms with E-state index >= 15 is 0 Å². The first kappa shape index (κ1) is 6.86. The number of aliphatic imine (C=N–C) groups is 1. The summed E-state index contributed by atoms with van der Waals surface area (Å²) in [6, 6.07) is 0. The zero-order valence-electron chi connectivity index (χ0n) is 6.02. The van der Waals surface area contributed by atoms with Crippen molar-refractivity contribution in [1.29, 1.82) is 10.8 Å². The fourth-order valence-electron chi connectivity index (χ4n) is 0.698. The molecule has 0 aromatic heterocycles. The maximum Gasteiger partial charge on any atom is 0.170 e. The smallest absolute Gasteiger partial charge is 0.170 e. The fraction of sp³-hybridized carbons (Fsp3) is 0.286. The molecule has 0 bridgehead atoms. The quantitative estimate of drug-likeness (QED) is 0.504. The predicted octanol–water partition coefficient (Wildman–Crippen LogP) is 1.40. The molecule has 0 amide bonds. The monoisotopic (exact) mass is 135 g/mol. The number of amidine groups is 1. The van der Waals surface area contributed by atoms with E-state index in [1.807, 2.05) is 13.8 Å². The van der Waals surface area contributed by atoms with Gasteiger partial charge in [-0.3, -0.25) is 10.8 Å². The number of hydrogen-bond donors (Lipinski definition) is 2. The minimum Gasteiger partial charge on any atom is -0.297 e. The van der Waals surface area contributed by atoms with E-state index in [4.69, 9.17) is 10.8 Å². The molecule has 0 saturated carbocycles. The number of rotatable bonds is 0. The Bertz CT molecular complexity index is 258. The van der Waals surface area contributed by atoms with Crippen LogP contribution in [0.4, 0.5) is 0 Å². The van der Waals surface area contributed by atoms with Gasteiger partial charge in [-0.05, 0) is 25.0 Å². The molecule has 52 valence electrons. The molecule has 3 heteroatoms. The van der Waals surface area contributed by atoms with Gasteiger partial charge in [0.05, 0.1) is 0 Å². The molecule has 0 radical (unpaired) electrons. The van der Waals surface area contributed by atoms with Crippen molar-refractivity contribution in [3.05, 3.63) is 11.1 Å². The Kier molecular flexibility index (Phi) is 1.49. The molecule has 0 aromatic carbocycles. The van der Waals surface area contributed by atoms with E-state index in [1.165, 1.54) is 0 Å². The molecule has 10 heavy (non-hydrogen) atoms. The van der Waals surface area contributed by atoms with Crippen LogP contribution < -0.4 is 0 Å². The van der Waals surface area contributed by atoms with E-state index in [9.17, 15) is 0 Å². The maximum atomic E-state index is 7.33. The first-order valence-electron chi connectivity index (χ1n) is 3.02. The summed E-state index contributed by atoms with van der Waals surface area (Å²) in [5.74, 6) is 0.0584. The summed E-state index contributed by atoms with van der Waals surface area (Å²) < 4.78 is 0. The molecule has 1 rings (SSSR count). The summed E-state index contributed by atoms with van der Waals surface area (Å²) in [5.41, 5.74) is 2.06. The average Bonchev–Trinajstić information content (AvgIpc) is 1.93. The highest BCUT2D eigenvalue weighted by molar-refractivity contribution is 6.48. The minimum absolute atomic E-state index is 0.0584. The molecule has 2 N–H and O–H groups in total. The lowest BCUT2D eigenvalue weighted by Gasteiger charge is -2.08. The largest absolute Gasteiger partial charge is 0.297 e. The number of hydrogen-bond acceptors (Lipinski definition) is 2. The molecule has 0 aliphatic carbocycles. The standard InChI is InChI=1S/C7H9N3/c1-4-3-10-7(9)6(8)5(4)2/h3,8-9H,1-2H3. The molecule has 0 unspecified atom stereocenters. The fourth-order valence-corrected chi connectivity index (χ4v) is 0.698. The van der Waals surface area contributed by atoms with Crippen LogP contribution in [-0.2, 0) is 0 Å². The Balaban J connectivity index is 3.11. The number of nitrogens with one attached hydrogen (secondary N) is 2. The lowest BCUT2D eigenvalue weighted by molar-refractivity contribution is 1.35. The Labute approximate surface area is 59.5 Å². The number of dihydropyridines is 1. The SMILES string of the molecule is CC1=C(C)C(=N)C(=N)N=C1. The molecule has 0 aromatic rings. The normalized spacial score (nSPS) is 18.6. The first-order chi connectivity index (χ1) is 4.63. The topological polar surface area (TPSA) is 60.1 Å².